The third-order valence-electron chi connectivity index (χ3n) is 4.10. The lowest BCUT2D eigenvalue weighted by atomic mass is 10.1. The Morgan fingerprint density at radius 3 is 2.84 bits per heavy atom. The van der Waals surface area contributed by atoms with Crippen molar-refractivity contribution in [2.24, 2.45) is 0 Å². The Labute approximate surface area is 147 Å². The third kappa shape index (κ3) is 4.15. The van der Waals surface area contributed by atoms with Gasteiger partial charge in [-0.3, -0.25) is 9.78 Å². The number of para-hydroxylation sites is 1. The van der Waals surface area contributed by atoms with Gasteiger partial charge < -0.3 is 10.1 Å². The van der Waals surface area contributed by atoms with Crippen LogP contribution in [0.3, 0.4) is 0 Å². The van der Waals surface area contributed by atoms with E-state index in [-0.39, 0.29) is 5.91 Å². The Morgan fingerprint density at radius 1 is 1.12 bits per heavy atom. The molecule has 0 aliphatic heterocycles. The SMILES string of the molecule is Cc1ccc(C)c(C(=O)NCCCOc2cccc3cccnc23)c1. The number of fused-ring (bicyclic) bond motifs is 1. The van der Waals surface area contributed by atoms with Crippen LogP contribution < -0.4 is 10.1 Å². The van der Waals surface area contributed by atoms with Gasteiger partial charge in [-0.05, 0) is 44.0 Å². The standard InChI is InChI=1S/C21H22N2O2/c1-15-9-10-16(2)18(14-15)21(24)23-12-5-13-25-19-8-3-6-17-7-4-11-22-20(17)19/h3-4,6-11,14H,5,12-13H2,1-2H3,(H,23,24). The van der Waals surface area contributed by atoms with Crippen LogP contribution in [-0.2, 0) is 0 Å². The van der Waals surface area contributed by atoms with Gasteiger partial charge in [0.15, 0.2) is 0 Å². The molecule has 0 spiro atoms. The molecule has 1 aromatic heterocycles. The van der Waals surface area contributed by atoms with Crippen molar-refractivity contribution in [3.63, 3.8) is 0 Å². The lowest BCUT2D eigenvalue weighted by Crippen LogP contribution is -2.26. The highest BCUT2D eigenvalue weighted by atomic mass is 16.5. The van der Waals surface area contributed by atoms with Crippen LogP contribution in [-0.4, -0.2) is 24.0 Å². The summed E-state index contributed by atoms with van der Waals surface area (Å²) in [5.41, 5.74) is 3.67. The quantitative estimate of drug-likeness (QED) is 0.692. The average Bonchev–Trinajstić information content (AvgIpc) is 2.63. The first-order chi connectivity index (χ1) is 12.1. The molecule has 3 aromatic rings. The number of aryl methyl sites for hydroxylation is 2. The molecule has 2 aromatic carbocycles. The van der Waals surface area contributed by atoms with Gasteiger partial charge in [-0.25, -0.2) is 0 Å². The van der Waals surface area contributed by atoms with Gasteiger partial charge in [0.1, 0.15) is 11.3 Å². The summed E-state index contributed by atoms with van der Waals surface area (Å²) in [7, 11) is 0. The number of ether oxygens (including phenoxy) is 1. The van der Waals surface area contributed by atoms with E-state index in [9.17, 15) is 4.79 Å². The first-order valence-corrected chi connectivity index (χ1v) is 8.47. The number of hydrogen-bond donors (Lipinski definition) is 1. The zero-order valence-corrected chi connectivity index (χ0v) is 14.6. The van der Waals surface area contributed by atoms with Gasteiger partial charge in [0.2, 0.25) is 0 Å². The predicted octanol–water partition coefficient (Wildman–Crippen LogP) is 4.05. The summed E-state index contributed by atoms with van der Waals surface area (Å²) in [6.07, 6.45) is 2.50. The fourth-order valence-electron chi connectivity index (χ4n) is 2.72. The number of rotatable bonds is 6. The summed E-state index contributed by atoms with van der Waals surface area (Å²) in [5, 5.41) is 4.01. The molecule has 0 saturated heterocycles. The Balaban J connectivity index is 1.50. The van der Waals surface area contributed by atoms with Crippen molar-refractivity contribution >= 4 is 16.8 Å². The molecule has 4 nitrogen and oxygen atoms in total. The van der Waals surface area contributed by atoms with Crippen LogP contribution in [0.4, 0.5) is 0 Å². The second kappa shape index (κ2) is 7.79. The first-order valence-electron chi connectivity index (χ1n) is 8.47. The van der Waals surface area contributed by atoms with Gasteiger partial charge >= 0.3 is 0 Å². The van der Waals surface area contributed by atoms with Crippen LogP contribution >= 0.6 is 0 Å². The van der Waals surface area contributed by atoms with Crippen LogP contribution in [0.1, 0.15) is 27.9 Å². The summed E-state index contributed by atoms with van der Waals surface area (Å²) in [6.45, 7) is 5.04. The summed E-state index contributed by atoms with van der Waals surface area (Å²) >= 11 is 0. The van der Waals surface area contributed by atoms with E-state index in [0.717, 1.165) is 39.8 Å². The molecule has 0 aliphatic carbocycles. The largest absolute Gasteiger partial charge is 0.491 e. The number of nitrogens with one attached hydrogen (secondary N) is 1. The lowest BCUT2D eigenvalue weighted by molar-refractivity contribution is 0.0951. The van der Waals surface area contributed by atoms with Crippen molar-refractivity contribution in [3.8, 4) is 5.75 Å². The van der Waals surface area contributed by atoms with Gasteiger partial charge in [0.05, 0.1) is 6.61 Å². The van der Waals surface area contributed by atoms with Crippen molar-refractivity contribution in [2.75, 3.05) is 13.2 Å². The number of amides is 1. The van der Waals surface area contributed by atoms with Crippen LogP contribution in [0, 0.1) is 13.8 Å². The maximum absolute atomic E-state index is 12.3. The van der Waals surface area contributed by atoms with E-state index in [1.807, 2.05) is 62.4 Å². The molecule has 0 radical (unpaired) electrons. The molecule has 0 aliphatic rings. The van der Waals surface area contributed by atoms with E-state index in [1.54, 1.807) is 6.20 Å². The molecule has 0 atom stereocenters. The molecule has 1 N–H and O–H groups in total. The van der Waals surface area contributed by atoms with E-state index in [0.29, 0.717) is 13.2 Å². The maximum atomic E-state index is 12.3. The topological polar surface area (TPSA) is 51.2 Å². The molecule has 0 unspecified atom stereocenters. The molecule has 25 heavy (non-hydrogen) atoms. The molecule has 0 bridgehead atoms. The summed E-state index contributed by atoms with van der Waals surface area (Å²) < 4.78 is 5.84. The third-order valence-corrected chi connectivity index (χ3v) is 4.10. The highest BCUT2D eigenvalue weighted by molar-refractivity contribution is 5.95. The molecule has 0 saturated carbocycles. The number of carbonyl (C=O) groups is 1. The van der Waals surface area contributed by atoms with Gasteiger partial charge in [0, 0.05) is 23.7 Å². The number of carbonyl (C=O) groups excluding carboxylic acids is 1. The maximum Gasteiger partial charge on any atom is 0.251 e. The molecule has 1 heterocycles. The monoisotopic (exact) mass is 334 g/mol. The number of nitrogens with zero attached hydrogens (tertiary/aromatic N) is 1. The van der Waals surface area contributed by atoms with Crippen molar-refractivity contribution in [1.82, 2.24) is 10.3 Å². The smallest absolute Gasteiger partial charge is 0.251 e. The number of pyridine rings is 1. The zero-order chi connectivity index (χ0) is 17.6. The van der Waals surface area contributed by atoms with Crippen molar-refractivity contribution in [3.05, 3.63) is 71.4 Å². The van der Waals surface area contributed by atoms with Gasteiger partial charge in [-0.1, -0.05) is 35.9 Å². The van der Waals surface area contributed by atoms with Crippen LogP contribution in [0.2, 0.25) is 0 Å². The van der Waals surface area contributed by atoms with Crippen LogP contribution in [0.15, 0.2) is 54.7 Å². The normalized spacial score (nSPS) is 10.6. The van der Waals surface area contributed by atoms with Gasteiger partial charge in [-0.2, -0.15) is 0 Å². The van der Waals surface area contributed by atoms with E-state index in [1.165, 1.54) is 0 Å². The van der Waals surface area contributed by atoms with E-state index in [4.69, 9.17) is 4.74 Å². The minimum Gasteiger partial charge on any atom is -0.491 e. The summed E-state index contributed by atoms with van der Waals surface area (Å²) in [6, 6.07) is 15.7. The minimum absolute atomic E-state index is 0.0342. The van der Waals surface area contributed by atoms with Gasteiger partial charge in [-0.15, -0.1) is 0 Å². The molecule has 1 amide bonds. The fraction of sp³-hybridized carbons (Fsp3) is 0.238. The molecule has 128 valence electrons. The Morgan fingerprint density at radius 2 is 1.96 bits per heavy atom. The second-order valence-electron chi connectivity index (χ2n) is 6.11. The molecule has 3 rings (SSSR count). The minimum atomic E-state index is -0.0342. The van der Waals surface area contributed by atoms with Crippen molar-refractivity contribution in [2.45, 2.75) is 20.3 Å². The van der Waals surface area contributed by atoms with Crippen molar-refractivity contribution in [1.29, 1.82) is 0 Å². The Hall–Kier alpha value is -2.88. The number of aromatic nitrogens is 1. The van der Waals surface area contributed by atoms with Crippen LogP contribution in [0.5, 0.6) is 5.75 Å². The fourth-order valence-corrected chi connectivity index (χ4v) is 2.72. The number of hydrogen-bond acceptors (Lipinski definition) is 3. The summed E-state index contributed by atoms with van der Waals surface area (Å²) in [4.78, 5) is 16.6. The van der Waals surface area contributed by atoms with E-state index < -0.39 is 0 Å². The van der Waals surface area contributed by atoms with E-state index >= 15 is 0 Å². The zero-order valence-electron chi connectivity index (χ0n) is 14.6. The molecular formula is C21H22N2O2. The average molecular weight is 334 g/mol. The van der Waals surface area contributed by atoms with Crippen molar-refractivity contribution < 1.29 is 9.53 Å². The molecule has 0 fully saturated rings. The van der Waals surface area contributed by atoms with Gasteiger partial charge in [0.25, 0.3) is 5.91 Å². The predicted molar refractivity (Wildman–Crippen MR) is 100 cm³/mol. The summed E-state index contributed by atoms with van der Waals surface area (Å²) in [5.74, 6) is 0.743. The van der Waals surface area contributed by atoms with Crippen LogP contribution in [0.25, 0.3) is 10.9 Å². The highest BCUT2D eigenvalue weighted by Gasteiger charge is 2.08. The second-order valence-corrected chi connectivity index (χ2v) is 6.11. The number of benzene rings is 2. The molecular weight excluding hydrogens is 312 g/mol. The lowest BCUT2D eigenvalue weighted by Gasteiger charge is -2.10. The first kappa shape index (κ1) is 17.0. The Kier molecular flexibility index (Phi) is 5.29. The highest BCUT2D eigenvalue weighted by Crippen LogP contribution is 2.22. The van der Waals surface area contributed by atoms with E-state index in [2.05, 4.69) is 10.3 Å². The molecule has 4 heteroatoms. The Bertz CT molecular complexity index is 885.